The number of benzene rings is 2. The Morgan fingerprint density at radius 3 is 2.77 bits per heavy atom. The fourth-order valence-electron chi connectivity index (χ4n) is 4.15. The van der Waals surface area contributed by atoms with Crippen LogP contribution in [-0.2, 0) is 11.3 Å². The summed E-state index contributed by atoms with van der Waals surface area (Å²) in [4.78, 5) is 29.3. The van der Waals surface area contributed by atoms with Gasteiger partial charge in [-0.3, -0.25) is 9.69 Å². The Labute approximate surface area is 173 Å². The second kappa shape index (κ2) is 6.98. The fourth-order valence-corrected chi connectivity index (χ4v) is 4.15. The van der Waals surface area contributed by atoms with Gasteiger partial charge >= 0.3 is 6.03 Å². The van der Waals surface area contributed by atoms with Gasteiger partial charge in [-0.15, -0.1) is 0 Å². The molecule has 1 N–H and O–H groups in total. The van der Waals surface area contributed by atoms with Gasteiger partial charge in [-0.1, -0.05) is 24.3 Å². The first-order valence-electron chi connectivity index (χ1n) is 9.65. The van der Waals surface area contributed by atoms with Gasteiger partial charge in [0.25, 0.3) is 5.91 Å². The number of para-hydroxylation sites is 1. The van der Waals surface area contributed by atoms with Crippen LogP contribution >= 0.6 is 0 Å². The van der Waals surface area contributed by atoms with E-state index in [9.17, 15) is 9.59 Å². The monoisotopic (exact) mass is 407 g/mol. The number of amides is 3. The second-order valence-electron chi connectivity index (χ2n) is 7.39. The molecule has 0 aromatic heterocycles. The number of ether oxygens (including phenoxy) is 3. The van der Waals surface area contributed by atoms with Gasteiger partial charge in [0.15, 0.2) is 11.5 Å². The van der Waals surface area contributed by atoms with Gasteiger partial charge in [-0.05, 0) is 23.8 Å². The zero-order chi connectivity index (χ0) is 20.8. The molecule has 1 atom stereocenters. The van der Waals surface area contributed by atoms with E-state index in [2.05, 4.69) is 5.32 Å². The zero-order valence-electron chi connectivity index (χ0n) is 16.7. The van der Waals surface area contributed by atoms with Crippen LogP contribution in [0.1, 0.15) is 17.2 Å². The maximum absolute atomic E-state index is 13.4. The molecular weight excluding hydrogens is 386 g/mol. The molecule has 3 amide bonds. The highest BCUT2D eigenvalue weighted by Crippen LogP contribution is 2.39. The summed E-state index contributed by atoms with van der Waals surface area (Å²) < 4.78 is 16.3. The van der Waals surface area contributed by atoms with Crippen LogP contribution in [0.2, 0.25) is 0 Å². The molecule has 8 heteroatoms. The molecule has 0 spiro atoms. The highest BCUT2D eigenvalue weighted by Gasteiger charge is 2.43. The summed E-state index contributed by atoms with van der Waals surface area (Å²) in [5.74, 6) is 1.90. The topological polar surface area (TPSA) is 80.3 Å². The molecule has 3 aliphatic heterocycles. The summed E-state index contributed by atoms with van der Waals surface area (Å²) in [5.41, 5.74) is 2.97. The third-order valence-corrected chi connectivity index (χ3v) is 5.70. The number of carbonyl (C=O) groups is 2. The van der Waals surface area contributed by atoms with Gasteiger partial charge in [0, 0.05) is 19.2 Å². The zero-order valence-corrected chi connectivity index (χ0v) is 16.7. The van der Waals surface area contributed by atoms with Crippen LogP contribution in [0.25, 0.3) is 0 Å². The molecule has 3 aliphatic rings. The summed E-state index contributed by atoms with van der Waals surface area (Å²) in [6.45, 7) is 0.970. The van der Waals surface area contributed by atoms with E-state index in [4.69, 9.17) is 14.2 Å². The van der Waals surface area contributed by atoms with Crippen molar-refractivity contribution in [1.82, 2.24) is 15.1 Å². The normalized spacial score (nSPS) is 19.9. The molecule has 0 radical (unpaired) electrons. The van der Waals surface area contributed by atoms with Gasteiger partial charge in [-0.2, -0.15) is 0 Å². The van der Waals surface area contributed by atoms with Gasteiger partial charge in [0.05, 0.1) is 31.0 Å². The fraction of sp³-hybridized carbons (Fsp3) is 0.273. The lowest BCUT2D eigenvalue weighted by Gasteiger charge is -2.31. The molecule has 30 heavy (non-hydrogen) atoms. The number of hydrogen-bond acceptors (Lipinski definition) is 5. The number of hydrogen-bond donors (Lipinski definition) is 1. The highest BCUT2D eigenvalue weighted by molar-refractivity contribution is 6.01. The third kappa shape index (κ3) is 2.83. The summed E-state index contributed by atoms with van der Waals surface area (Å²) in [6.07, 6.45) is 0. The number of methoxy groups -OCH3 is 1. The van der Waals surface area contributed by atoms with Crippen LogP contribution in [0.5, 0.6) is 17.2 Å². The lowest BCUT2D eigenvalue weighted by atomic mass is 9.95. The summed E-state index contributed by atoms with van der Waals surface area (Å²) in [5, 5.41) is 2.94. The molecule has 0 bridgehead atoms. The minimum absolute atomic E-state index is 0.106. The van der Waals surface area contributed by atoms with E-state index in [1.54, 1.807) is 19.1 Å². The van der Waals surface area contributed by atoms with Gasteiger partial charge < -0.3 is 24.4 Å². The summed E-state index contributed by atoms with van der Waals surface area (Å²) in [7, 11) is 3.26. The van der Waals surface area contributed by atoms with Crippen molar-refractivity contribution in [3.05, 3.63) is 64.9 Å². The number of nitrogens with zero attached hydrogens (tertiary/aromatic N) is 2. The first kappa shape index (κ1) is 18.4. The number of urea groups is 1. The molecule has 3 heterocycles. The largest absolute Gasteiger partial charge is 0.496 e. The molecule has 2 aromatic rings. The maximum Gasteiger partial charge on any atom is 0.322 e. The number of rotatable bonds is 4. The van der Waals surface area contributed by atoms with E-state index in [1.807, 2.05) is 42.5 Å². The Balaban J connectivity index is 1.47. The van der Waals surface area contributed by atoms with E-state index in [1.165, 1.54) is 4.90 Å². The van der Waals surface area contributed by atoms with Crippen LogP contribution in [0.3, 0.4) is 0 Å². The first-order chi connectivity index (χ1) is 14.6. The Morgan fingerprint density at radius 1 is 1.13 bits per heavy atom. The predicted molar refractivity (Wildman–Crippen MR) is 107 cm³/mol. The molecule has 154 valence electrons. The van der Waals surface area contributed by atoms with E-state index < -0.39 is 6.04 Å². The smallest absolute Gasteiger partial charge is 0.322 e. The van der Waals surface area contributed by atoms with E-state index in [-0.39, 0.29) is 18.7 Å². The Kier molecular flexibility index (Phi) is 4.27. The molecule has 0 fully saturated rings. The van der Waals surface area contributed by atoms with Crippen molar-refractivity contribution in [2.75, 3.05) is 27.5 Å². The van der Waals surface area contributed by atoms with Crippen LogP contribution in [0, 0.1) is 0 Å². The van der Waals surface area contributed by atoms with E-state index in [0.717, 1.165) is 11.1 Å². The Morgan fingerprint density at radius 2 is 1.93 bits per heavy atom. The number of likely N-dealkylation sites (N-methyl/N-ethyl adjacent to an activating group) is 1. The quantitative estimate of drug-likeness (QED) is 0.842. The third-order valence-electron chi connectivity index (χ3n) is 5.70. The molecule has 5 rings (SSSR count). The molecule has 8 nitrogen and oxygen atoms in total. The van der Waals surface area contributed by atoms with Crippen molar-refractivity contribution >= 4 is 11.9 Å². The first-order valence-corrected chi connectivity index (χ1v) is 9.65. The predicted octanol–water partition coefficient (Wildman–Crippen LogP) is 2.42. The van der Waals surface area contributed by atoms with Crippen molar-refractivity contribution in [3.8, 4) is 17.2 Å². The average molecular weight is 407 g/mol. The number of carbonyl (C=O) groups excluding carboxylic acids is 2. The van der Waals surface area contributed by atoms with Gasteiger partial charge in [0.2, 0.25) is 6.79 Å². The van der Waals surface area contributed by atoms with Crippen molar-refractivity contribution < 1.29 is 23.8 Å². The molecule has 0 unspecified atom stereocenters. The summed E-state index contributed by atoms with van der Waals surface area (Å²) in [6, 6.07) is 12.3. The minimum Gasteiger partial charge on any atom is -0.496 e. The van der Waals surface area contributed by atoms with E-state index in [0.29, 0.717) is 41.6 Å². The van der Waals surface area contributed by atoms with Crippen molar-refractivity contribution in [3.63, 3.8) is 0 Å². The van der Waals surface area contributed by atoms with Crippen LogP contribution in [0.15, 0.2) is 53.7 Å². The molecule has 0 saturated heterocycles. The minimum atomic E-state index is -0.561. The molecule has 0 saturated carbocycles. The number of fused-ring (bicyclic) bond motifs is 1. The average Bonchev–Trinajstić information content (AvgIpc) is 3.35. The lowest BCUT2D eigenvalue weighted by molar-refractivity contribution is -0.126. The lowest BCUT2D eigenvalue weighted by Crippen LogP contribution is -2.45. The molecule has 2 aromatic carbocycles. The Bertz CT molecular complexity index is 1080. The standard InChI is InChI=1S/C22H21N3O5/c1-24-15-11-25(10-13-7-8-17-18(9-13)30-12-29-17)21(26)19(15)20(23-22(24)27)14-5-3-4-6-16(14)28-2/h3-9,20H,10-12H2,1-2H3,(H,23,27)/t20-/m1/s1. The second-order valence-corrected chi connectivity index (χ2v) is 7.39. The van der Waals surface area contributed by atoms with Gasteiger partial charge in [0.1, 0.15) is 5.75 Å². The van der Waals surface area contributed by atoms with Crippen molar-refractivity contribution in [2.24, 2.45) is 0 Å². The van der Waals surface area contributed by atoms with Crippen molar-refractivity contribution in [1.29, 1.82) is 0 Å². The number of nitrogens with one attached hydrogen (secondary N) is 1. The SMILES string of the molecule is COc1ccccc1[C@H]1NC(=O)N(C)C2=C1C(=O)N(Cc1ccc3c(c1)OCO3)C2. The Hall–Kier alpha value is -3.68. The van der Waals surface area contributed by atoms with E-state index >= 15 is 0 Å². The van der Waals surface area contributed by atoms with Gasteiger partial charge in [-0.25, -0.2) is 4.79 Å². The van der Waals surface area contributed by atoms with Crippen molar-refractivity contribution in [2.45, 2.75) is 12.6 Å². The maximum atomic E-state index is 13.4. The highest BCUT2D eigenvalue weighted by atomic mass is 16.7. The van der Waals surface area contributed by atoms with Crippen LogP contribution < -0.4 is 19.5 Å². The molecular formula is C22H21N3O5. The van der Waals surface area contributed by atoms with Crippen LogP contribution in [0.4, 0.5) is 4.79 Å². The molecule has 0 aliphatic carbocycles. The summed E-state index contributed by atoms with van der Waals surface area (Å²) >= 11 is 0. The van der Waals surface area contributed by atoms with Crippen LogP contribution in [-0.4, -0.2) is 49.2 Å².